The molecular weight excluding hydrogens is 408 g/mol. The van der Waals surface area contributed by atoms with Gasteiger partial charge in [0.15, 0.2) is 0 Å². The van der Waals surface area contributed by atoms with Crippen molar-refractivity contribution in [2.75, 3.05) is 26.2 Å². The zero-order chi connectivity index (χ0) is 22.9. The molecule has 0 aromatic carbocycles. The molecule has 1 aliphatic carbocycles. The SMILES string of the molecule is C[C@H]1CC(C)(C)C[C@]2(C1)NC(=O)N(CC(=O)NC[C@@H](c1ccco1)N1CCCCC1)C2=O. The molecular formula is C24H36N4O4. The standard InChI is InChI=1S/C24H36N4O4/c1-17-12-23(2,3)16-24(13-17)21(30)28(22(31)26-24)15-20(29)25-14-18(19-8-7-11-32-19)27-9-5-4-6-10-27/h7-8,11,17-18H,4-6,9-10,12-16H2,1-3H3,(H,25,29)(H,26,31)/t17-,18-,24-/m0/s1. The van der Waals surface area contributed by atoms with Gasteiger partial charge in [0.25, 0.3) is 5.91 Å². The maximum atomic E-state index is 13.3. The van der Waals surface area contributed by atoms with E-state index in [1.54, 1.807) is 6.26 Å². The number of nitrogens with zero attached hydrogens (tertiary/aromatic N) is 2. The number of piperidine rings is 1. The van der Waals surface area contributed by atoms with Crippen LogP contribution >= 0.6 is 0 Å². The minimum Gasteiger partial charge on any atom is -0.468 e. The predicted molar refractivity (Wildman–Crippen MR) is 120 cm³/mol. The molecule has 2 aliphatic heterocycles. The Hall–Kier alpha value is -2.35. The van der Waals surface area contributed by atoms with Crippen molar-refractivity contribution in [1.29, 1.82) is 0 Å². The molecule has 1 saturated carbocycles. The maximum absolute atomic E-state index is 13.3. The zero-order valence-corrected chi connectivity index (χ0v) is 19.5. The quantitative estimate of drug-likeness (QED) is 0.658. The van der Waals surface area contributed by atoms with Crippen LogP contribution in [0.1, 0.15) is 71.1 Å². The Kier molecular flexibility index (Phi) is 6.34. The summed E-state index contributed by atoms with van der Waals surface area (Å²) in [5.41, 5.74) is -0.924. The molecule has 8 nitrogen and oxygen atoms in total. The second-order valence-electron chi connectivity index (χ2n) is 10.7. The van der Waals surface area contributed by atoms with Crippen LogP contribution in [0.25, 0.3) is 0 Å². The number of rotatable bonds is 6. The number of likely N-dealkylation sites (tertiary alicyclic amines) is 1. The van der Waals surface area contributed by atoms with Crippen molar-refractivity contribution in [3.8, 4) is 0 Å². The molecule has 1 aromatic heterocycles. The van der Waals surface area contributed by atoms with Crippen LogP contribution < -0.4 is 10.6 Å². The van der Waals surface area contributed by atoms with E-state index in [9.17, 15) is 14.4 Å². The van der Waals surface area contributed by atoms with Crippen LogP contribution in [0.5, 0.6) is 0 Å². The van der Waals surface area contributed by atoms with Crippen molar-refractivity contribution in [3.63, 3.8) is 0 Å². The van der Waals surface area contributed by atoms with Gasteiger partial charge in [-0.05, 0) is 68.7 Å². The van der Waals surface area contributed by atoms with Crippen LogP contribution in [0.2, 0.25) is 0 Å². The molecule has 1 aromatic rings. The van der Waals surface area contributed by atoms with Crippen molar-refractivity contribution in [2.45, 2.75) is 70.9 Å². The summed E-state index contributed by atoms with van der Waals surface area (Å²) < 4.78 is 5.63. The Bertz CT molecular complexity index is 846. The Labute approximate surface area is 190 Å². The molecule has 4 amide bonds. The Morgan fingerprint density at radius 2 is 2.00 bits per heavy atom. The first-order valence-corrected chi connectivity index (χ1v) is 11.9. The average molecular weight is 445 g/mol. The van der Waals surface area contributed by atoms with Gasteiger partial charge < -0.3 is 15.1 Å². The molecule has 8 heteroatoms. The van der Waals surface area contributed by atoms with Gasteiger partial charge in [-0.3, -0.25) is 19.4 Å². The van der Waals surface area contributed by atoms with E-state index in [1.165, 1.54) is 6.42 Å². The van der Waals surface area contributed by atoms with E-state index in [0.717, 1.165) is 43.0 Å². The van der Waals surface area contributed by atoms with E-state index in [1.807, 2.05) is 12.1 Å². The second kappa shape index (κ2) is 8.89. The highest BCUT2D eigenvalue weighted by Gasteiger charge is 2.56. The van der Waals surface area contributed by atoms with Crippen LogP contribution in [-0.2, 0) is 9.59 Å². The summed E-state index contributed by atoms with van der Waals surface area (Å²) in [6.07, 6.45) is 7.36. The number of furan rings is 1. The number of carbonyl (C=O) groups excluding carboxylic acids is 3. The summed E-state index contributed by atoms with van der Waals surface area (Å²) >= 11 is 0. The largest absolute Gasteiger partial charge is 0.468 e. The summed E-state index contributed by atoms with van der Waals surface area (Å²) in [6.45, 7) is 8.43. The Balaban J connectivity index is 1.39. The summed E-state index contributed by atoms with van der Waals surface area (Å²) in [6, 6.07) is 3.27. The van der Waals surface area contributed by atoms with Gasteiger partial charge in [0.1, 0.15) is 17.8 Å². The molecule has 0 bridgehead atoms. The van der Waals surface area contributed by atoms with Crippen molar-refractivity contribution in [1.82, 2.24) is 20.4 Å². The van der Waals surface area contributed by atoms with Crippen LogP contribution in [0, 0.1) is 11.3 Å². The highest BCUT2D eigenvalue weighted by atomic mass is 16.3. The molecule has 32 heavy (non-hydrogen) atoms. The smallest absolute Gasteiger partial charge is 0.325 e. The second-order valence-corrected chi connectivity index (χ2v) is 10.7. The van der Waals surface area contributed by atoms with E-state index < -0.39 is 11.6 Å². The third-order valence-corrected chi connectivity index (χ3v) is 7.12. The fourth-order valence-electron chi connectivity index (χ4n) is 6.18. The third kappa shape index (κ3) is 4.70. The minimum atomic E-state index is -0.886. The number of hydrogen-bond acceptors (Lipinski definition) is 5. The van der Waals surface area contributed by atoms with Crippen molar-refractivity contribution in [2.24, 2.45) is 11.3 Å². The lowest BCUT2D eigenvalue weighted by Gasteiger charge is -2.43. The molecule has 3 atom stereocenters. The van der Waals surface area contributed by atoms with E-state index >= 15 is 0 Å². The summed E-state index contributed by atoms with van der Waals surface area (Å²) in [5, 5.41) is 5.87. The van der Waals surface area contributed by atoms with Crippen LogP contribution in [0.4, 0.5) is 4.79 Å². The highest BCUT2D eigenvalue weighted by molar-refractivity contribution is 6.09. The first-order valence-electron chi connectivity index (χ1n) is 11.9. The number of urea groups is 1. The molecule has 1 spiro atoms. The van der Waals surface area contributed by atoms with Gasteiger partial charge in [0.05, 0.1) is 12.3 Å². The lowest BCUT2D eigenvalue weighted by Crippen LogP contribution is -2.54. The van der Waals surface area contributed by atoms with Gasteiger partial charge in [0, 0.05) is 6.54 Å². The average Bonchev–Trinajstić information content (AvgIpc) is 3.31. The third-order valence-electron chi connectivity index (χ3n) is 7.12. The molecule has 3 aliphatic rings. The van der Waals surface area contributed by atoms with E-state index in [4.69, 9.17) is 4.42 Å². The molecule has 2 N–H and O–H groups in total. The van der Waals surface area contributed by atoms with Gasteiger partial charge in [-0.2, -0.15) is 0 Å². The predicted octanol–water partition coefficient (Wildman–Crippen LogP) is 3.06. The molecule has 0 radical (unpaired) electrons. The number of imide groups is 1. The van der Waals surface area contributed by atoms with Gasteiger partial charge in [-0.15, -0.1) is 0 Å². The Morgan fingerprint density at radius 3 is 2.66 bits per heavy atom. The fraction of sp³-hybridized carbons (Fsp3) is 0.708. The lowest BCUT2D eigenvalue weighted by atomic mass is 9.64. The van der Waals surface area contributed by atoms with Gasteiger partial charge in [0.2, 0.25) is 5.91 Å². The van der Waals surface area contributed by atoms with E-state index in [0.29, 0.717) is 25.3 Å². The molecule has 176 valence electrons. The minimum absolute atomic E-state index is 0.0381. The summed E-state index contributed by atoms with van der Waals surface area (Å²) in [7, 11) is 0. The molecule has 2 saturated heterocycles. The van der Waals surface area contributed by atoms with Crippen molar-refractivity contribution >= 4 is 17.8 Å². The highest BCUT2D eigenvalue weighted by Crippen LogP contribution is 2.46. The zero-order valence-electron chi connectivity index (χ0n) is 19.5. The maximum Gasteiger partial charge on any atom is 0.325 e. The van der Waals surface area contributed by atoms with E-state index in [2.05, 4.69) is 36.3 Å². The molecule has 3 heterocycles. The van der Waals surface area contributed by atoms with Gasteiger partial charge >= 0.3 is 6.03 Å². The number of nitrogens with one attached hydrogen (secondary N) is 2. The first-order chi connectivity index (χ1) is 15.2. The van der Waals surface area contributed by atoms with Gasteiger partial charge in [-0.25, -0.2) is 4.79 Å². The molecule has 3 fully saturated rings. The van der Waals surface area contributed by atoms with E-state index in [-0.39, 0.29) is 29.8 Å². The first kappa shape index (κ1) is 22.8. The van der Waals surface area contributed by atoms with Crippen LogP contribution in [0.15, 0.2) is 22.8 Å². The van der Waals surface area contributed by atoms with Gasteiger partial charge in [-0.1, -0.05) is 27.2 Å². The lowest BCUT2D eigenvalue weighted by molar-refractivity contribution is -0.137. The van der Waals surface area contributed by atoms with Crippen LogP contribution in [0.3, 0.4) is 0 Å². The molecule has 4 rings (SSSR count). The van der Waals surface area contributed by atoms with Crippen molar-refractivity contribution < 1.29 is 18.8 Å². The van der Waals surface area contributed by atoms with Crippen molar-refractivity contribution in [3.05, 3.63) is 24.2 Å². The monoisotopic (exact) mass is 444 g/mol. The number of hydrogen-bond donors (Lipinski definition) is 2. The Morgan fingerprint density at radius 1 is 1.25 bits per heavy atom. The van der Waals surface area contributed by atoms with Crippen LogP contribution in [-0.4, -0.2) is 59.4 Å². The molecule has 0 unspecified atom stereocenters. The fourth-order valence-corrected chi connectivity index (χ4v) is 6.18. The summed E-state index contributed by atoms with van der Waals surface area (Å²) in [5.74, 6) is 0.549. The topological polar surface area (TPSA) is 94.9 Å². The summed E-state index contributed by atoms with van der Waals surface area (Å²) in [4.78, 5) is 42.1. The number of carbonyl (C=O) groups is 3. The number of amides is 4. The normalized spacial score (nSPS) is 29.2.